The van der Waals surface area contributed by atoms with E-state index in [0.29, 0.717) is 29.8 Å². The van der Waals surface area contributed by atoms with Gasteiger partial charge in [0.1, 0.15) is 12.0 Å². The number of amides is 1. The van der Waals surface area contributed by atoms with E-state index in [4.69, 9.17) is 14.9 Å². The third-order valence-electron chi connectivity index (χ3n) is 8.11. The van der Waals surface area contributed by atoms with Gasteiger partial charge in [0.05, 0.1) is 24.0 Å². The van der Waals surface area contributed by atoms with Gasteiger partial charge >= 0.3 is 0 Å². The summed E-state index contributed by atoms with van der Waals surface area (Å²) < 4.78 is 41.0. The summed E-state index contributed by atoms with van der Waals surface area (Å²) in [4.78, 5) is 18.7. The second kappa shape index (κ2) is 12.5. The second-order valence-corrected chi connectivity index (χ2v) is 13.4. The van der Waals surface area contributed by atoms with Gasteiger partial charge in [-0.3, -0.25) is 9.69 Å². The highest BCUT2D eigenvalue weighted by molar-refractivity contribution is 7.89. The topological polar surface area (TPSA) is 139 Å². The number of ether oxygens (including phenoxy) is 1. The van der Waals surface area contributed by atoms with Crippen LogP contribution in [-0.2, 0) is 23.0 Å². The van der Waals surface area contributed by atoms with Gasteiger partial charge in [-0.1, -0.05) is 24.3 Å². The quantitative estimate of drug-likeness (QED) is 0.324. The molecule has 0 bridgehead atoms. The lowest BCUT2D eigenvalue weighted by Crippen LogP contribution is -2.38. The number of aryl methyl sites for hydroxylation is 2. The number of piperidine rings is 1. The SMILES string of the molecule is COc1cc(C)c(S(=O)(=O)N(CC(Cc2ccc(CN3CCCC(O)C3)cc2)c2nc(C(N)=O)co2)C2CC2)c(C)c1. The number of methoxy groups -OCH3 is 1. The zero-order valence-corrected chi connectivity index (χ0v) is 25.3. The number of nitrogens with two attached hydrogens (primary N) is 1. The van der Waals surface area contributed by atoms with Gasteiger partial charge in [-0.25, -0.2) is 13.4 Å². The lowest BCUT2D eigenvalue weighted by molar-refractivity contribution is 0.0668. The molecule has 10 nitrogen and oxygen atoms in total. The normalized spacial score (nSPS) is 18.7. The van der Waals surface area contributed by atoms with Crippen LogP contribution in [0.2, 0.25) is 0 Å². The largest absolute Gasteiger partial charge is 0.497 e. The number of hydrogen-bond donors (Lipinski definition) is 2. The Balaban J connectivity index is 1.42. The number of benzene rings is 2. The first-order valence-electron chi connectivity index (χ1n) is 14.5. The Bertz CT molecular complexity index is 1490. The summed E-state index contributed by atoms with van der Waals surface area (Å²) in [6.45, 7) is 6.11. The fraction of sp³-hybridized carbons (Fsp3) is 0.484. The average Bonchev–Trinajstić information content (AvgIpc) is 3.65. The second-order valence-electron chi connectivity index (χ2n) is 11.6. The molecule has 42 heavy (non-hydrogen) atoms. The Morgan fingerprint density at radius 1 is 1.17 bits per heavy atom. The highest BCUT2D eigenvalue weighted by Gasteiger charge is 2.41. The third-order valence-corrected chi connectivity index (χ3v) is 10.3. The van der Waals surface area contributed by atoms with Gasteiger partial charge in [0, 0.05) is 25.7 Å². The minimum atomic E-state index is -3.87. The van der Waals surface area contributed by atoms with Gasteiger partial charge < -0.3 is 20.0 Å². The molecule has 1 aliphatic heterocycles. The maximum absolute atomic E-state index is 14.2. The van der Waals surface area contributed by atoms with Crippen molar-refractivity contribution in [3.05, 3.63) is 76.5 Å². The molecule has 1 aromatic heterocycles. The number of primary amides is 1. The summed E-state index contributed by atoms with van der Waals surface area (Å²) in [5, 5.41) is 10.0. The number of aliphatic hydroxyl groups is 1. The first-order valence-corrected chi connectivity index (χ1v) is 15.9. The summed E-state index contributed by atoms with van der Waals surface area (Å²) in [5.41, 5.74) is 8.84. The van der Waals surface area contributed by atoms with Crippen LogP contribution in [0.25, 0.3) is 0 Å². The van der Waals surface area contributed by atoms with Crippen molar-refractivity contribution >= 4 is 15.9 Å². The summed E-state index contributed by atoms with van der Waals surface area (Å²) in [6, 6.07) is 11.6. The number of β-amino-alcohol motifs (C(OH)–C–C–N with tert-alkyl or cyclic N) is 1. The molecule has 3 aromatic rings. The van der Waals surface area contributed by atoms with Gasteiger partial charge in [0.15, 0.2) is 11.6 Å². The molecule has 2 unspecified atom stereocenters. The van der Waals surface area contributed by atoms with Crippen molar-refractivity contribution in [1.82, 2.24) is 14.2 Å². The van der Waals surface area contributed by atoms with E-state index < -0.39 is 21.8 Å². The molecule has 2 aliphatic rings. The smallest absolute Gasteiger partial charge is 0.270 e. The highest BCUT2D eigenvalue weighted by atomic mass is 32.2. The molecule has 2 heterocycles. The van der Waals surface area contributed by atoms with Crippen molar-refractivity contribution in [3.8, 4) is 5.75 Å². The number of carbonyl (C=O) groups excluding carboxylic acids is 1. The number of rotatable bonds is 12. The number of sulfonamides is 1. The lowest BCUT2D eigenvalue weighted by Gasteiger charge is -2.30. The molecule has 2 aromatic carbocycles. The summed E-state index contributed by atoms with van der Waals surface area (Å²) in [7, 11) is -2.31. The molecule has 1 aliphatic carbocycles. The van der Waals surface area contributed by atoms with Crippen molar-refractivity contribution in [2.24, 2.45) is 5.73 Å². The lowest BCUT2D eigenvalue weighted by atomic mass is 9.97. The van der Waals surface area contributed by atoms with Crippen LogP contribution in [0.1, 0.15) is 70.2 Å². The van der Waals surface area contributed by atoms with Crippen LogP contribution in [0.3, 0.4) is 0 Å². The molecular weight excluding hydrogens is 556 g/mol. The fourth-order valence-electron chi connectivity index (χ4n) is 5.89. The monoisotopic (exact) mass is 596 g/mol. The zero-order chi connectivity index (χ0) is 30.0. The predicted molar refractivity (Wildman–Crippen MR) is 158 cm³/mol. The third kappa shape index (κ3) is 6.86. The highest BCUT2D eigenvalue weighted by Crippen LogP contribution is 2.37. The molecule has 2 atom stereocenters. The molecular formula is C31H40N4O6S. The van der Waals surface area contributed by atoms with Crippen LogP contribution in [0.4, 0.5) is 0 Å². The van der Waals surface area contributed by atoms with Crippen LogP contribution >= 0.6 is 0 Å². The predicted octanol–water partition coefficient (Wildman–Crippen LogP) is 3.54. The van der Waals surface area contributed by atoms with E-state index in [9.17, 15) is 18.3 Å². The summed E-state index contributed by atoms with van der Waals surface area (Å²) >= 11 is 0. The maximum atomic E-state index is 14.2. The van der Waals surface area contributed by atoms with Gasteiger partial charge in [-0.05, 0) is 86.9 Å². The number of carbonyl (C=O) groups is 1. The molecule has 0 radical (unpaired) electrons. The van der Waals surface area contributed by atoms with E-state index in [1.54, 1.807) is 37.4 Å². The number of likely N-dealkylation sites (tertiary alicyclic amines) is 1. The maximum Gasteiger partial charge on any atom is 0.270 e. The number of aliphatic hydroxyl groups excluding tert-OH is 1. The average molecular weight is 597 g/mol. The Kier molecular flexibility index (Phi) is 9.03. The molecule has 11 heteroatoms. The molecule has 1 saturated heterocycles. The molecule has 5 rings (SSSR count). The molecule has 2 fully saturated rings. The first kappa shape index (κ1) is 30.2. The number of oxazole rings is 1. The van der Waals surface area contributed by atoms with E-state index in [1.165, 1.54) is 6.26 Å². The first-order chi connectivity index (χ1) is 20.0. The van der Waals surface area contributed by atoms with Crippen LogP contribution in [0.15, 0.2) is 52.0 Å². The number of hydrogen-bond acceptors (Lipinski definition) is 8. The molecule has 0 spiro atoms. The van der Waals surface area contributed by atoms with Crippen molar-refractivity contribution in [3.63, 3.8) is 0 Å². The van der Waals surface area contributed by atoms with Crippen molar-refractivity contribution in [2.75, 3.05) is 26.7 Å². The van der Waals surface area contributed by atoms with E-state index >= 15 is 0 Å². The van der Waals surface area contributed by atoms with Crippen molar-refractivity contribution < 1.29 is 27.5 Å². The Morgan fingerprint density at radius 2 is 1.83 bits per heavy atom. The Hall–Kier alpha value is -3.25. The Morgan fingerprint density at radius 3 is 2.40 bits per heavy atom. The van der Waals surface area contributed by atoms with Gasteiger partial charge in [0.2, 0.25) is 10.0 Å². The number of nitrogens with zero attached hydrogens (tertiary/aromatic N) is 3. The summed E-state index contributed by atoms with van der Waals surface area (Å²) in [5.74, 6) is -0.264. The van der Waals surface area contributed by atoms with E-state index in [1.807, 2.05) is 12.1 Å². The van der Waals surface area contributed by atoms with Gasteiger partial charge in [0.25, 0.3) is 5.91 Å². The van der Waals surface area contributed by atoms with Crippen LogP contribution in [-0.4, -0.2) is 72.5 Å². The van der Waals surface area contributed by atoms with E-state index in [2.05, 4.69) is 22.0 Å². The van der Waals surface area contributed by atoms with E-state index in [-0.39, 0.29) is 35.2 Å². The van der Waals surface area contributed by atoms with Crippen LogP contribution in [0.5, 0.6) is 5.75 Å². The van der Waals surface area contributed by atoms with Crippen LogP contribution in [0, 0.1) is 13.8 Å². The minimum absolute atomic E-state index is 0.0109. The molecule has 1 amide bonds. The standard InChI is InChI=1S/C31H40N4O6S/c1-20-13-27(40-3)14-21(2)29(20)42(38,39)35(25-10-11-25)17-24(31-33-28(19-41-31)30(32)37)15-22-6-8-23(9-7-22)16-34-12-4-5-26(36)18-34/h6-9,13-14,19,24-26,36H,4-5,10-12,15-18H2,1-3H3,(H2,32,37). The molecule has 1 saturated carbocycles. The minimum Gasteiger partial charge on any atom is -0.497 e. The zero-order valence-electron chi connectivity index (χ0n) is 24.5. The summed E-state index contributed by atoms with van der Waals surface area (Å²) in [6.07, 6.45) is 4.80. The van der Waals surface area contributed by atoms with Gasteiger partial charge in [-0.2, -0.15) is 4.31 Å². The number of aromatic nitrogens is 1. The fourth-order valence-corrected chi connectivity index (χ4v) is 8.04. The molecule has 226 valence electrons. The van der Waals surface area contributed by atoms with Crippen molar-refractivity contribution in [2.45, 2.75) is 75.5 Å². The van der Waals surface area contributed by atoms with Gasteiger partial charge in [-0.15, -0.1) is 0 Å². The van der Waals surface area contributed by atoms with Crippen LogP contribution < -0.4 is 10.5 Å². The van der Waals surface area contributed by atoms with E-state index in [0.717, 1.165) is 49.9 Å². The Labute approximate surface area is 247 Å². The van der Waals surface area contributed by atoms with Crippen molar-refractivity contribution in [1.29, 1.82) is 0 Å². The molecule has 3 N–H and O–H groups in total.